The number of ether oxygens (including phenoxy) is 2. The highest BCUT2D eigenvalue weighted by Crippen LogP contribution is 2.32. The second-order valence-electron chi connectivity index (χ2n) is 8.19. The third-order valence-electron chi connectivity index (χ3n) is 5.58. The number of nitrogens with zero attached hydrogens (tertiary/aromatic N) is 1. The predicted octanol–water partition coefficient (Wildman–Crippen LogP) is 5.46. The lowest BCUT2D eigenvalue weighted by atomic mass is 10.1. The van der Waals surface area contributed by atoms with Gasteiger partial charge in [0.05, 0.1) is 16.8 Å². The quantitative estimate of drug-likeness (QED) is 0.218. The number of hydrogen-bond acceptors (Lipinski definition) is 6. The molecular weight excluding hydrogens is 472 g/mol. The summed E-state index contributed by atoms with van der Waals surface area (Å²) >= 11 is 0. The summed E-state index contributed by atoms with van der Waals surface area (Å²) in [4.78, 5) is 50.6. The number of carbonyl (C=O) groups excluding carboxylic acids is 4. The smallest absolute Gasteiger partial charge is 0.308 e. The van der Waals surface area contributed by atoms with E-state index < -0.39 is 11.9 Å². The third kappa shape index (κ3) is 4.94. The first-order valence-electron chi connectivity index (χ1n) is 11.3. The Bertz CT molecular complexity index is 1530. The van der Waals surface area contributed by atoms with Crippen LogP contribution in [-0.2, 0) is 4.79 Å². The number of nitrogens with one attached hydrogen (secondary N) is 1. The van der Waals surface area contributed by atoms with Crippen molar-refractivity contribution >= 4 is 35.1 Å². The highest BCUT2D eigenvalue weighted by Gasteiger charge is 2.36. The number of carbonyl (C=O) groups is 4. The number of benzene rings is 4. The fourth-order valence-electron chi connectivity index (χ4n) is 3.91. The number of anilines is 2. The minimum Gasteiger partial charge on any atom is -0.457 e. The third-order valence-corrected chi connectivity index (χ3v) is 5.58. The van der Waals surface area contributed by atoms with Crippen molar-refractivity contribution in [2.24, 2.45) is 0 Å². The molecule has 0 aliphatic carbocycles. The van der Waals surface area contributed by atoms with E-state index in [1.807, 2.05) is 6.07 Å². The van der Waals surface area contributed by atoms with E-state index >= 15 is 0 Å². The Morgan fingerprint density at radius 1 is 0.703 bits per heavy atom. The van der Waals surface area contributed by atoms with E-state index in [1.165, 1.54) is 25.1 Å². The summed E-state index contributed by atoms with van der Waals surface area (Å²) in [5.41, 5.74) is 1.94. The van der Waals surface area contributed by atoms with Gasteiger partial charge in [-0.25, -0.2) is 4.90 Å². The summed E-state index contributed by atoms with van der Waals surface area (Å²) in [6, 6.07) is 26.4. The fourth-order valence-corrected chi connectivity index (χ4v) is 3.91. The van der Waals surface area contributed by atoms with Crippen LogP contribution < -0.4 is 19.7 Å². The number of imide groups is 1. The van der Waals surface area contributed by atoms with Crippen LogP contribution >= 0.6 is 0 Å². The number of para-hydroxylation sites is 1. The van der Waals surface area contributed by atoms with Crippen LogP contribution in [0.4, 0.5) is 11.4 Å². The molecule has 0 unspecified atom stereocenters. The van der Waals surface area contributed by atoms with Gasteiger partial charge >= 0.3 is 5.97 Å². The van der Waals surface area contributed by atoms with E-state index in [9.17, 15) is 19.2 Å². The molecule has 0 atom stereocenters. The largest absolute Gasteiger partial charge is 0.457 e. The predicted molar refractivity (Wildman–Crippen MR) is 136 cm³/mol. The van der Waals surface area contributed by atoms with Gasteiger partial charge in [-0.2, -0.15) is 0 Å². The molecule has 1 aliphatic heterocycles. The topological polar surface area (TPSA) is 102 Å². The first-order chi connectivity index (χ1) is 17.9. The molecule has 0 saturated heterocycles. The SMILES string of the molecule is CC(=O)Oc1ccc(C(=O)Nc2cccc(Oc3ccc4c(c3)C(=O)N(c3ccccc3)C4=O)c2)cc1. The van der Waals surface area contributed by atoms with Crippen LogP contribution in [0.2, 0.25) is 0 Å². The fraction of sp³-hybridized carbons (Fsp3) is 0.0345. The van der Waals surface area contributed by atoms with Crippen LogP contribution in [0.15, 0.2) is 97.1 Å². The first kappa shape index (κ1) is 23.5. The van der Waals surface area contributed by atoms with Gasteiger partial charge in [0.2, 0.25) is 0 Å². The normalized spacial score (nSPS) is 12.2. The average molecular weight is 492 g/mol. The van der Waals surface area contributed by atoms with Gasteiger partial charge in [-0.15, -0.1) is 0 Å². The molecule has 5 rings (SSSR count). The van der Waals surface area contributed by atoms with E-state index in [1.54, 1.807) is 72.8 Å². The highest BCUT2D eigenvalue weighted by atomic mass is 16.5. The van der Waals surface area contributed by atoms with Crippen molar-refractivity contribution in [3.63, 3.8) is 0 Å². The number of rotatable bonds is 6. The lowest BCUT2D eigenvalue weighted by Gasteiger charge is -2.13. The van der Waals surface area contributed by atoms with Gasteiger partial charge in [-0.3, -0.25) is 19.2 Å². The molecule has 0 saturated carbocycles. The Labute approximate surface area is 212 Å². The molecule has 0 fully saturated rings. The van der Waals surface area contributed by atoms with Crippen molar-refractivity contribution in [3.05, 3.63) is 114 Å². The lowest BCUT2D eigenvalue weighted by molar-refractivity contribution is -0.131. The molecular formula is C29H20N2O6. The minimum atomic E-state index is -0.443. The zero-order chi connectivity index (χ0) is 25.9. The van der Waals surface area contributed by atoms with Gasteiger partial charge in [0, 0.05) is 24.2 Å². The summed E-state index contributed by atoms with van der Waals surface area (Å²) in [5.74, 6) is -0.448. The van der Waals surface area contributed by atoms with Gasteiger partial charge in [0.25, 0.3) is 17.7 Å². The summed E-state index contributed by atoms with van der Waals surface area (Å²) in [5, 5.41) is 2.79. The van der Waals surface area contributed by atoms with Crippen molar-refractivity contribution in [2.45, 2.75) is 6.92 Å². The molecule has 0 radical (unpaired) electrons. The van der Waals surface area contributed by atoms with Gasteiger partial charge in [0.1, 0.15) is 17.2 Å². The molecule has 1 aliphatic rings. The van der Waals surface area contributed by atoms with Crippen LogP contribution in [0.5, 0.6) is 17.2 Å². The molecule has 0 bridgehead atoms. The Morgan fingerprint density at radius 3 is 2.11 bits per heavy atom. The van der Waals surface area contributed by atoms with E-state index in [4.69, 9.17) is 9.47 Å². The number of fused-ring (bicyclic) bond motifs is 1. The van der Waals surface area contributed by atoms with Crippen molar-refractivity contribution in [1.29, 1.82) is 0 Å². The lowest BCUT2D eigenvalue weighted by Crippen LogP contribution is -2.29. The Morgan fingerprint density at radius 2 is 1.38 bits per heavy atom. The standard InChI is InChI=1S/C29H20N2O6/c1-18(32)36-22-12-10-19(11-13-22)27(33)30-20-6-5-9-23(16-20)37-24-14-15-25-26(17-24)29(35)31(28(25)34)21-7-3-2-4-8-21/h2-17H,1H3,(H,30,33). The van der Waals surface area contributed by atoms with Gasteiger partial charge < -0.3 is 14.8 Å². The minimum absolute atomic E-state index is 0.257. The van der Waals surface area contributed by atoms with E-state index in [-0.39, 0.29) is 17.4 Å². The monoisotopic (exact) mass is 492 g/mol. The van der Waals surface area contributed by atoms with Crippen LogP contribution in [0.25, 0.3) is 0 Å². The second-order valence-corrected chi connectivity index (χ2v) is 8.19. The Hall–Kier alpha value is -5.24. The van der Waals surface area contributed by atoms with Crippen molar-refractivity contribution in [1.82, 2.24) is 0 Å². The second kappa shape index (κ2) is 9.79. The average Bonchev–Trinajstić information content (AvgIpc) is 3.14. The summed E-state index contributed by atoms with van der Waals surface area (Å²) in [7, 11) is 0. The van der Waals surface area contributed by atoms with Gasteiger partial charge in [-0.05, 0) is 66.7 Å². The summed E-state index contributed by atoms with van der Waals surface area (Å²) < 4.78 is 10.9. The molecule has 182 valence electrons. The van der Waals surface area contributed by atoms with E-state index in [2.05, 4.69) is 5.32 Å². The molecule has 1 heterocycles. The molecule has 8 nitrogen and oxygen atoms in total. The van der Waals surface area contributed by atoms with Crippen molar-refractivity contribution in [2.75, 3.05) is 10.2 Å². The Kier molecular flexibility index (Phi) is 6.22. The molecule has 3 amide bonds. The van der Waals surface area contributed by atoms with Crippen molar-refractivity contribution < 1.29 is 28.7 Å². The molecule has 0 aromatic heterocycles. The molecule has 37 heavy (non-hydrogen) atoms. The van der Waals surface area contributed by atoms with Crippen LogP contribution in [-0.4, -0.2) is 23.7 Å². The summed E-state index contributed by atoms with van der Waals surface area (Å²) in [6.07, 6.45) is 0. The molecule has 1 N–H and O–H groups in total. The molecule has 8 heteroatoms. The van der Waals surface area contributed by atoms with Gasteiger partial charge in [0.15, 0.2) is 0 Å². The van der Waals surface area contributed by atoms with Gasteiger partial charge in [-0.1, -0.05) is 24.3 Å². The molecule has 0 spiro atoms. The first-order valence-corrected chi connectivity index (χ1v) is 11.3. The van der Waals surface area contributed by atoms with E-state index in [0.29, 0.717) is 39.8 Å². The zero-order valence-electron chi connectivity index (χ0n) is 19.6. The van der Waals surface area contributed by atoms with Crippen LogP contribution in [0.3, 0.4) is 0 Å². The number of esters is 1. The molecule has 4 aromatic rings. The highest BCUT2D eigenvalue weighted by molar-refractivity contribution is 6.34. The zero-order valence-corrected chi connectivity index (χ0v) is 19.6. The van der Waals surface area contributed by atoms with E-state index in [0.717, 1.165) is 4.90 Å². The summed E-state index contributed by atoms with van der Waals surface area (Å²) in [6.45, 7) is 1.30. The number of amides is 3. The van der Waals surface area contributed by atoms with Crippen LogP contribution in [0, 0.1) is 0 Å². The molecule has 4 aromatic carbocycles. The van der Waals surface area contributed by atoms with Crippen molar-refractivity contribution in [3.8, 4) is 17.2 Å². The number of hydrogen-bond donors (Lipinski definition) is 1. The maximum Gasteiger partial charge on any atom is 0.308 e. The Balaban J connectivity index is 1.30. The maximum atomic E-state index is 13.0. The maximum absolute atomic E-state index is 13.0. The van der Waals surface area contributed by atoms with Crippen LogP contribution in [0.1, 0.15) is 38.0 Å².